The average Bonchev–Trinajstić information content (AvgIpc) is 3.73. The number of carbonyl (C=O) groups is 2. The number of nitrogens with zero attached hydrogens (tertiary/aromatic N) is 5. The highest BCUT2D eigenvalue weighted by molar-refractivity contribution is 7.90. The zero-order chi connectivity index (χ0) is 41.1. The maximum atomic E-state index is 13.5. The van der Waals surface area contributed by atoms with Crippen LogP contribution in [0.1, 0.15) is 45.9 Å². The molecule has 16 nitrogen and oxygen atoms in total. The van der Waals surface area contributed by atoms with E-state index in [0.717, 1.165) is 20.6 Å². The van der Waals surface area contributed by atoms with Crippen molar-refractivity contribution in [3.8, 4) is 17.0 Å². The number of rotatable bonds is 13. The molecule has 2 amide bonds. The van der Waals surface area contributed by atoms with Crippen LogP contribution in [0.4, 0.5) is 15.4 Å². The fraction of sp³-hybridized carbons (Fsp3) is 0.333. The van der Waals surface area contributed by atoms with Crippen LogP contribution in [0.2, 0.25) is 5.15 Å². The van der Waals surface area contributed by atoms with Gasteiger partial charge in [-0.25, -0.2) is 24.5 Å². The number of halogens is 1. The summed E-state index contributed by atoms with van der Waals surface area (Å²) < 4.78 is 45.0. The number of carbonyl (C=O) groups excluding carboxylic acids is 2. The van der Waals surface area contributed by atoms with E-state index < -0.39 is 39.3 Å². The Morgan fingerprint density at radius 3 is 2.46 bits per heavy atom. The molecular weight excluding hydrogens is 776 g/mol. The third-order valence-corrected chi connectivity index (χ3v) is 10.4. The van der Waals surface area contributed by atoms with Crippen LogP contribution in [0.15, 0.2) is 78.0 Å². The van der Waals surface area contributed by atoms with Gasteiger partial charge in [0.05, 0.1) is 35.1 Å². The first-order valence-electron chi connectivity index (χ1n) is 17.9. The molecule has 0 aliphatic heterocycles. The monoisotopic (exact) mass is 818 g/mol. The fourth-order valence-electron chi connectivity index (χ4n) is 5.66. The molecule has 6 rings (SSSR count). The molecule has 1 atom stereocenters. The Labute approximate surface area is 334 Å². The van der Waals surface area contributed by atoms with Crippen molar-refractivity contribution in [2.24, 2.45) is 5.41 Å². The standard InChI is InChI=1S/C39H43ClN8O8S/c1-23-32-35(48(47-23)57(52,53)26-12-8-7-9-13-26)42-19-30(44-32)28-17-31(34(45-33(28)40)46-36(50)55-22-39(5,6)21-49)54-20-25(43-37(51)56-38(2,3)4)16-24-18-41-29-15-11-10-14-27(24)29/h7-15,17-19,25,41,49H,16,20-22H2,1-6H3,(H,43,51)(H,45,46,50)/t25-/m0/s1. The van der Waals surface area contributed by atoms with Crippen molar-refractivity contribution in [1.82, 2.24) is 34.4 Å². The Bertz CT molecular complexity index is 2530. The molecule has 0 unspecified atom stereocenters. The zero-order valence-electron chi connectivity index (χ0n) is 32.2. The second-order valence-corrected chi connectivity index (χ2v) is 17.2. The van der Waals surface area contributed by atoms with Gasteiger partial charge in [0.15, 0.2) is 17.2 Å². The first-order chi connectivity index (χ1) is 26.9. The summed E-state index contributed by atoms with van der Waals surface area (Å²) in [6, 6.07) is 16.4. The minimum atomic E-state index is -4.10. The molecule has 6 aromatic rings. The van der Waals surface area contributed by atoms with E-state index in [0.29, 0.717) is 12.1 Å². The predicted octanol–water partition coefficient (Wildman–Crippen LogP) is 6.65. The van der Waals surface area contributed by atoms with Gasteiger partial charge < -0.3 is 29.6 Å². The van der Waals surface area contributed by atoms with E-state index in [-0.39, 0.29) is 63.9 Å². The summed E-state index contributed by atoms with van der Waals surface area (Å²) in [6.45, 7) is 9.87. The lowest BCUT2D eigenvalue weighted by molar-refractivity contribution is 0.0488. The van der Waals surface area contributed by atoms with Crippen molar-refractivity contribution >= 4 is 61.7 Å². The Morgan fingerprint density at radius 1 is 1.02 bits per heavy atom. The number of hydrogen-bond donors (Lipinski definition) is 4. The number of ether oxygens (including phenoxy) is 3. The van der Waals surface area contributed by atoms with Crippen molar-refractivity contribution in [3.05, 3.63) is 89.5 Å². The lowest BCUT2D eigenvalue weighted by atomic mass is 9.97. The van der Waals surface area contributed by atoms with Crippen molar-refractivity contribution < 1.29 is 37.3 Å². The van der Waals surface area contributed by atoms with Gasteiger partial charge in [-0.2, -0.15) is 13.5 Å². The van der Waals surface area contributed by atoms with Gasteiger partial charge in [0, 0.05) is 28.1 Å². The van der Waals surface area contributed by atoms with Crippen LogP contribution < -0.4 is 15.4 Å². The van der Waals surface area contributed by atoms with Crippen molar-refractivity contribution in [1.29, 1.82) is 0 Å². The Morgan fingerprint density at radius 2 is 1.74 bits per heavy atom. The summed E-state index contributed by atoms with van der Waals surface area (Å²) in [5.74, 6) is -0.0747. The molecule has 0 fully saturated rings. The molecule has 18 heteroatoms. The number of hydrogen-bond acceptors (Lipinski definition) is 12. The van der Waals surface area contributed by atoms with E-state index in [1.807, 2.05) is 30.5 Å². The molecule has 0 saturated heterocycles. The Kier molecular flexibility index (Phi) is 11.7. The maximum absolute atomic E-state index is 13.5. The molecule has 4 N–H and O–H groups in total. The molecule has 300 valence electrons. The van der Waals surface area contributed by atoms with E-state index in [1.54, 1.807) is 59.7 Å². The molecule has 4 aromatic heterocycles. The summed E-state index contributed by atoms with van der Waals surface area (Å²) in [7, 11) is -4.10. The van der Waals surface area contributed by atoms with E-state index in [1.165, 1.54) is 24.4 Å². The molecule has 4 heterocycles. The molecule has 0 aliphatic carbocycles. The van der Waals surface area contributed by atoms with Crippen LogP contribution >= 0.6 is 11.6 Å². The summed E-state index contributed by atoms with van der Waals surface area (Å²) in [5.41, 5.74) is 1.27. The number of aromatic nitrogens is 6. The summed E-state index contributed by atoms with van der Waals surface area (Å²) in [5, 5.41) is 20.2. The van der Waals surface area contributed by atoms with Crippen LogP contribution in [0.3, 0.4) is 0 Å². The highest BCUT2D eigenvalue weighted by Crippen LogP contribution is 2.35. The van der Waals surface area contributed by atoms with Crippen LogP contribution in [0, 0.1) is 12.3 Å². The Hall–Kier alpha value is -5.78. The molecule has 0 bridgehead atoms. The van der Waals surface area contributed by atoms with Gasteiger partial charge in [0.2, 0.25) is 0 Å². The number of benzene rings is 2. The number of pyridine rings is 1. The first kappa shape index (κ1) is 40.9. The van der Waals surface area contributed by atoms with Gasteiger partial charge in [0.1, 0.15) is 29.5 Å². The quantitative estimate of drug-likeness (QED) is 0.0903. The van der Waals surface area contributed by atoms with Crippen LogP contribution in [0.5, 0.6) is 5.75 Å². The van der Waals surface area contributed by atoms with E-state index >= 15 is 0 Å². The average molecular weight is 819 g/mol. The van der Waals surface area contributed by atoms with E-state index in [4.69, 9.17) is 25.8 Å². The van der Waals surface area contributed by atoms with Gasteiger partial charge in [-0.3, -0.25) is 5.32 Å². The molecule has 2 aromatic carbocycles. The number of aliphatic hydroxyl groups is 1. The third kappa shape index (κ3) is 9.61. The lowest BCUT2D eigenvalue weighted by Gasteiger charge is -2.24. The van der Waals surface area contributed by atoms with Crippen LogP contribution in [0.25, 0.3) is 33.3 Å². The predicted molar refractivity (Wildman–Crippen MR) is 214 cm³/mol. The number of alkyl carbamates (subject to hydrolysis) is 1. The number of H-pyrrole nitrogens is 1. The van der Waals surface area contributed by atoms with Gasteiger partial charge in [-0.15, -0.1) is 4.09 Å². The van der Waals surface area contributed by atoms with E-state index in [9.17, 15) is 23.1 Å². The molecule has 0 spiro atoms. The van der Waals surface area contributed by atoms with Crippen molar-refractivity contribution in [2.75, 3.05) is 25.1 Å². The van der Waals surface area contributed by atoms with Crippen molar-refractivity contribution in [2.45, 2.75) is 64.5 Å². The van der Waals surface area contributed by atoms with Gasteiger partial charge in [-0.1, -0.05) is 61.8 Å². The number of amides is 2. The number of anilines is 1. The van der Waals surface area contributed by atoms with Gasteiger partial charge >= 0.3 is 12.2 Å². The normalized spacial score (nSPS) is 12.7. The first-order valence-corrected chi connectivity index (χ1v) is 19.7. The van der Waals surface area contributed by atoms with Crippen molar-refractivity contribution in [3.63, 3.8) is 0 Å². The number of aliphatic hydroxyl groups excluding tert-OH is 1. The Balaban J connectivity index is 1.36. The van der Waals surface area contributed by atoms with Gasteiger partial charge in [0.25, 0.3) is 10.0 Å². The van der Waals surface area contributed by atoms with Crippen LogP contribution in [-0.2, 0) is 25.9 Å². The second kappa shape index (κ2) is 16.4. The third-order valence-electron chi connectivity index (χ3n) is 8.55. The number of aromatic amines is 1. The molecule has 0 radical (unpaired) electrons. The molecule has 0 aliphatic rings. The molecule has 0 saturated carbocycles. The maximum Gasteiger partial charge on any atom is 0.412 e. The fourth-order valence-corrected chi connectivity index (χ4v) is 7.19. The smallest absolute Gasteiger partial charge is 0.412 e. The number of para-hydroxylation sites is 1. The number of fused-ring (bicyclic) bond motifs is 2. The summed E-state index contributed by atoms with van der Waals surface area (Å²) in [6.07, 6.45) is 1.97. The summed E-state index contributed by atoms with van der Waals surface area (Å²) >= 11 is 6.73. The SMILES string of the molecule is Cc1nn(S(=O)(=O)c2ccccc2)c2ncc(-c3cc(OC[C@H](Cc4c[nH]c5ccccc45)NC(=O)OC(C)(C)C)c(NC(=O)OCC(C)(C)CO)nc3Cl)nc12. The topological polar surface area (TPSA) is 213 Å². The lowest BCUT2D eigenvalue weighted by Crippen LogP contribution is -2.43. The minimum Gasteiger partial charge on any atom is -0.488 e. The largest absolute Gasteiger partial charge is 0.488 e. The number of aryl methyl sites for hydroxylation is 1. The zero-order valence-corrected chi connectivity index (χ0v) is 33.7. The van der Waals surface area contributed by atoms with E-state index in [2.05, 4.69) is 35.7 Å². The highest BCUT2D eigenvalue weighted by Gasteiger charge is 2.27. The molecule has 57 heavy (non-hydrogen) atoms. The van der Waals surface area contributed by atoms with Crippen LogP contribution in [-0.4, -0.2) is 86.3 Å². The minimum absolute atomic E-state index is 0.000772. The number of nitrogens with one attached hydrogen (secondary N) is 3. The molecular formula is C39H43ClN8O8S. The summed E-state index contributed by atoms with van der Waals surface area (Å²) in [4.78, 5) is 42.8. The highest BCUT2D eigenvalue weighted by atomic mass is 35.5. The van der Waals surface area contributed by atoms with Gasteiger partial charge in [-0.05, 0) is 63.9 Å². The second-order valence-electron chi connectivity index (χ2n) is 15.1.